The van der Waals surface area contributed by atoms with Crippen molar-refractivity contribution in [1.29, 1.82) is 0 Å². The molecular weight excluding hydrogens is 332 g/mol. The first-order valence-electron chi connectivity index (χ1n) is 6.64. The zero-order valence-electron chi connectivity index (χ0n) is 12.1. The third-order valence-corrected chi connectivity index (χ3v) is 3.83. The molecule has 3 rings (SSSR count). The van der Waals surface area contributed by atoms with Crippen molar-refractivity contribution in [3.63, 3.8) is 0 Å². The van der Waals surface area contributed by atoms with Gasteiger partial charge in [0.05, 0.1) is 18.8 Å². The van der Waals surface area contributed by atoms with Crippen LogP contribution in [-0.4, -0.2) is 26.9 Å². The molecule has 0 saturated carbocycles. The second-order valence-electron chi connectivity index (χ2n) is 4.61. The highest BCUT2D eigenvalue weighted by molar-refractivity contribution is 7.80. The van der Waals surface area contributed by atoms with E-state index in [1.165, 1.54) is 0 Å². The maximum atomic E-state index is 12.2. The molecule has 1 aromatic heterocycles. The molecule has 0 spiro atoms. The van der Waals surface area contributed by atoms with Crippen molar-refractivity contribution in [3.05, 3.63) is 48.0 Å². The third-order valence-electron chi connectivity index (χ3n) is 3.07. The van der Waals surface area contributed by atoms with Gasteiger partial charge in [-0.15, -0.1) is 0 Å². The van der Waals surface area contributed by atoms with E-state index in [9.17, 15) is 4.79 Å². The molecule has 2 N–H and O–H groups in total. The Morgan fingerprint density at radius 3 is 2.83 bits per heavy atom. The number of nitrogens with one attached hydrogen (secondary N) is 2. The van der Waals surface area contributed by atoms with Gasteiger partial charge in [0.15, 0.2) is 5.11 Å². The molecule has 23 heavy (non-hydrogen) atoms. The summed E-state index contributed by atoms with van der Waals surface area (Å²) in [7, 11) is 1.59. The summed E-state index contributed by atoms with van der Waals surface area (Å²) in [6, 6.07) is 12.4. The number of nitrogens with zero attached hydrogens (tertiary/aromatic N) is 2. The van der Waals surface area contributed by atoms with E-state index in [2.05, 4.69) is 19.4 Å². The van der Waals surface area contributed by atoms with Gasteiger partial charge in [0.2, 0.25) is 0 Å². The molecule has 1 heterocycles. The number of anilines is 1. The van der Waals surface area contributed by atoms with Crippen LogP contribution in [0.1, 0.15) is 10.4 Å². The van der Waals surface area contributed by atoms with Crippen molar-refractivity contribution >= 4 is 51.7 Å². The number of rotatable bonds is 3. The fraction of sp³-hybridized carbons (Fsp3) is 0.0667. The van der Waals surface area contributed by atoms with Crippen molar-refractivity contribution in [2.24, 2.45) is 0 Å². The molecule has 8 heteroatoms. The minimum Gasteiger partial charge on any atom is -0.497 e. The summed E-state index contributed by atoms with van der Waals surface area (Å²) in [6.45, 7) is 0. The summed E-state index contributed by atoms with van der Waals surface area (Å²) in [5.41, 5.74) is 2.66. The molecule has 3 aromatic rings. The molecule has 0 bridgehead atoms. The normalized spacial score (nSPS) is 10.3. The number of hydrogen-bond donors (Lipinski definition) is 2. The number of carbonyl (C=O) groups is 1. The van der Waals surface area contributed by atoms with Gasteiger partial charge in [0.25, 0.3) is 5.91 Å². The van der Waals surface area contributed by atoms with Gasteiger partial charge in [-0.05, 0) is 42.5 Å². The Balaban J connectivity index is 1.67. The van der Waals surface area contributed by atoms with Crippen LogP contribution in [-0.2, 0) is 0 Å². The molecule has 0 atom stereocenters. The first-order valence-corrected chi connectivity index (χ1v) is 7.78. The van der Waals surface area contributed by atoms with Crippen LogP contribution in [0.2, 0.25) is 0 Å². The Kier molecular flexibility index (Phi) is 4.45. The molecule has 0 saturated heterocycles. The maximum Gasteiger partial charge on any atom is 0.257 e. The Labute approximate surface area is 141 Å². The lowest BCUT2D eigenvalue weighted by Gasteiger charge is -2.10. The number of aromatic nitrogens is 2. The molecule has 0 unspecified atom stereocenters. The van der Waals surface area contributed by atoms with Crippen LogP contribution in [0.25, 0.3) is 11.0 Å². The first kappa shape index (κ1) is 15.3. The van der Waals surface area contributed by atoms with Crippen molar-refractivity contribution in [2.75, 3.05) is 12.4 Å². The Bertz CT molecular complexity index is 879. The highest BCUT2D eigenvalue weighted by atomic mass is 32.1. The van der Waals surface area contributed by atoms with Crippen LogP contribution < -0.4 is 15.4 Å². The van der Waals surface area contributed by atoms with Crippen LogP contribution >= 0.6 is 23.9 Å². The number of thiocarbonyl (C=S) groups is 1. The second kappa shape index (κ2) is 6.67. The van der Waals surface area contributed by atoms with Crippen LogP contribution in [0.3, 0.4) is 0 Å². The molecule has 0 radical (unpaired) electrons. The summed E-state index contributed by atoms with van der Waals surface area (Å²) in [4.78, 5) is 12.2. The lowest BCUT2D eigenvalue weighted by Crippen LogP contribution is -2.34. The van der Waals surface area contributed by atoms with Gasteiger partial charge in [-0.3, -0.25) is 10.1 Å². The van der Waals surface area contributed by atoms with Gasteiger partial charge in [-0.1, -0.05) is 6.07 Å². The number of amides is 1. The monoisotopic (exact) mass is 344 g/mol. The highest BCUT2D eigenvalue weighted by Crippen LogP contribution is 2.17. The fourth-order valence-corrected chi connectivity index (χ4v) is 2.69. The van der Waals surface area contributed by atoms with Crippen molar-refractivity contribution in [3.8, 4) is 5.75 Å². The van der Waals surface area contributed by atoms with E-state index in [1.54, 1.807) is 31.4 Å². The van der Waals surface area contributed by atoms with Crippen molar-refractivity contribution < 1.29 is 9.53 Å². The first-order chi connectivity index (χ1) is 11.2. The summed E-state index contributed by atoms with van der Waals surface area (Å²) >= 11 is 6.27. The Hall–Kier alpha value is -2.58. The van der Waals surface area contributed by atoms with Crippen LogP contribution in [0.15, 0.2) is 42.5 Å². The average molecular weight is 344 g/mol. The molecule has 0 fully saturated rings. The molecule has 6 nitrogen and oxygen atoms in total. The third kappa shape index (κ3) is 3.61. The molecule has 0 aliphatic rings. The van der Waals surface area contributed by atoms with E-state index in [-0.39, 0.29) is 11.0 Å². The number of methoxy groups -OCH3 is 1. The van der Waals surface area contributed by atoms with Gasteiger partial charge >= 0.3 is 0 Å². The number of benzene rings is 2. The number of fused-ring (bicyclic) bond motifs is 1. The van der Waals surface area contributed by atoms with Crippen LogP contribution in [0.5, 0.6) is 5.75 Å². The van der Waals surface area contributed by atoms with Crippen LogP contribution in [0, 0.1) is 0 Å². The van der Waals surface area contributed by atoms with E-state index in [4.69, 9.17) is 17.0 Å². The Morgan fingerprint density at radius 1 is 1.17 bits per heavy atom. The Morgan fingerprint density at radius 2 is 2.00 bits per heavy atom. The van der Waals surface area contributed by atoms with E-state index >= 15 is 0 Å². The molecule has 2 aromatic carbocycles. The smallest absolute Gasteiger partial charge is 0.257 e. The van der Waals surface area contributed by atoms with Crippen molar-refractivity contribution in [2.45, 2.75) is 0 Å². The van der Waals surface area contributed by atoms with Gasteiger partial charge in [-0.2, -0.15) is 8.75 Å². The quantitative estimate of drug-likeness (QED) is 0.712. The van der Waals surface area contributed by atoms with E-state index < -0.39 is 0 Å². The largest absolute Gasteiger partial charge is 0.497 e. The predicted molar refractivity (Wildman–Crippen MR) is 94.1 cm³/mol. The summed E-state index contributed by atoms with van der Waals surface area (Å²) in [5.74, 6) is 0.394. The average Bonchev–Trinajstić information content (AvgIpc) is 3.02. The SMILES string of the molecule is COc1cccc(NC(=S)NC(=O)c2ccc3nsnc3c2)c1. The number of hydrogen-bond acceptors (Lipinski definition) is 6. The van der Waals surface area contributed by atoms with Crippen molar-refractivity contribution in [1.82, 2.24) is 14.1 Å². The fourth-order valence-electron chi connectivity index (χ4n) is 1.96. The second-order valence-corrected chi connectivity index (χ2v) is 5.54. The van der Waals surface area contributed by atoms with Gasteiger partial charge in [-0.25, -0.2) is 0 Å². The van der Waals surface area contributed by atoms with E-state index in [0.29, 0.717) is 16.8 Å². The van der Waals surface area contributed by atoms with Crippen LogP contribution in [0.4, 0.5) is 5.69 Å². The summed E-state index contributed by atoms with van der Waals surface area (Å²) in [5, 5.41) is 5.79. The molecular formula is C15H12N4O2S2. The van der Waals surface area contributed by atoms with E-state index in [1.807, 2.05) is 18.2 Å². The predicted octanol–water partition coefficient (Wildman–Crippen LogP) is 2.83. The van der Waals surface area contributed by atoms with E-state index in [0.717, 1.165) is 22.9 Å². The molecule has 0 aliphatic heterocycles. The molecule has 116 valence electrons. The minimum absolute atomic E-state index is 0.208. The lowest BCUT2D eigenvalue weighted by molar-refractivity contribution is 0.0978. The number of carbonyl (C=O) groups excluding carboxylic acids is 1. The van der Waals surface area contributed by atoms with Gasteiger partial charge in [0.1, 0.15) is 16.8 Å². The zero-order valence-corrected chi connectivity index (χ0v) is 13.7. The topological polar surface area (TPSA) is 76.1 Å². The number of ether oxygens (including phenoxy) is 1. The standard InChI is InChI=1S/C15H12N4O2S2/c1-21-11-4-2-3-10(8-11)16-15(22)17-14(20)9-5-6-12-13(7-9)19-23-18-12/h2-8H,1H3,(H2,16,17,20,22). The minimum atomic E-state index is -0.305. The zero-order chi connectivity index (χ0) is 16.2. The summed E-state index contributed by atoms with van der Waals surface area (Å²) < 4.78 is 13.4. The summed E-state index contributed by atoms with van der Waals surface area (Å²) in [6.07, 6.45) is 0. The highest BCUT2D eigenvalue weighted by Gasteiger charge is 2.10. The molecule has 1 amide bonds. The maximum absolute atomic E-state index is 12.2. The lowest BCUT2D eigenvalue weighted by atomic mass is 10.2. The van der Waals surface area contributed by atoms with Gasteiger partial charge < -0.3 is 10.1 Å². The van der Waals surface area contributed by atoms with Gasteiger partial charge in [0, 0.05) is 17.3 Å². The molecule has 0 aliphatic carbocycles.